The zero-order chi connectivity index (χ0) is 36.6. The second-order valence-corrected chi connectivity index (χ2v) is 64.2. The summed E-state index contributed by atoms with van der Waals surface area (Å²) >= 11 is 0. The van der Waals surface area contributed by atoms with Crippen LogP contribution in [0.5, 0.6) is 0 Å². The zero-order valence-electron chi connectivity index (χ0n) is 34.9. The van der Waals surface area contributed by atoms with Crippen LogP contribution in [0.2, 0.25) is 137 Å². The predicted molar refractivity (Wildman–Crippen MR) is 241 cm³/mol. The maximum Gasteiger partial charge on any atom is 0.0815 e. The highest BCUT2D eigenvalue weighted by atomic mass is 28.5. The molecular weight excluding hydrogens is 693 g/mol. The standard InChI is InChI=1S/C39H74Si8/c1-41(2,3)37(42(4,5)6)33-29-32(39(45(13,14)15,46(16,17)18)47(19,20)21)30-34(38(43(7,8)9)44(10,11)12)36(33)40-28-27-31-25-23-22-24-26-35(31)40/h22-30,37-38H,1-21H3. The van der Waals surface area contributed by atoms with Crippen LogP contribution >= 0.6 is 0 Å². The van der Waals surface area contributed by atoms with Crippen LogP contribution in [0.3, 0.4) is 0 Å². The first-order valence-corrected chi connectivity index (χ1v) is 44.8. The largest absolute Gasteiger partial charge is 0.0815 e. The van der Waals surface area contributed by atoms with Crippen LogP contribution in [0.1, 0.15) is 27.0 Å². The van der Waals surface area contributed by atoms with E-state index < -0.39 is 64.9 Å². The SMILES string of the molecule is C[Si](C)(C)C(c1cc(C([Si](C)(C)C)([Si](C)(C)C)[Si](C)(C)C)cc(C([Si](C)(C)C)[Si](C)(C)C)c1-[si]1ccc2cccccc1-2)[Si](C)(C)C. The van der Waals surface area contributed by atoms with Gasteiger partial charge in [-0.2, -0.15) is 0 Å². The van der Waals surface area contributed by atoms with Gasteiger partial charge in [0, 0.05) is 56.5 Å². The molecular formula is C39H74Si8. The normalized spacial score (nSPS) is 14.9. The van der Waals surface area contributed by atoms with Crippen molar-refractivity contribution in [2.24, 2.45) is 0 Å². The van der Waals surface area contributed by atoms with Gasteiger partial charge in [-0.3, -0.25) is 0 Å². The molecule has 0 N–H and O–H groups in total. The third kappa shape index (κ3) is 7.84. The molecule has 8 heteroatoms. The lowest BCUT2D eigenvalue weighted by atomic mass is 10.1. The molecule has 1 aromatic carbocycles. The van der Waals surface area contributed by atoms with E-state index in [2.05, 4.69) is 192 Å². The summed E-state index contributed by atoms with van der Waals surface area (Å²) in [4.78, 5) is 0. The molecule has 0 unspecified atom stereocenters. The Labute approximate surface area is 301 Å². The summed E-state index contributed by atoms with van der Waals surface area (Å²) < 4.78 is 0.370. The molecule has 0 fully saturated rings. The van der Waals surface area contributed by atoms with Gasteiger partial charge in [0.2, 0.25) is 0 Å². The van der Waals surface area contributed by atoms with E-state index in [1.807, 2.05) is 21.9 Å². The van der Waals surface area contributed by atoms with Crippen molar-refractivity contribution >= 4 is 64.9 Å². The lowest BCUT2D eigenvalue weighted by molar-refractivity contribution is 0.994. The second-order valence-electron chi connectivity index (χ2n) is 22.4. The van der Waals surface area contributed by atoms with Gasteiger partial charge in [0.25, 0.3) is 0 Å². The number of hydrogen-bond donors (Lipinski definition) is 0. The van der Waals surface area contributed by atoms with Gasteiger partial charge in [0.05, 0.1) is 8.40 Å². The molecule has 0 amide bonds. The summed E-state index contributed by atoms with van der Waals surface area (Å²) in [5.41, 5.74) is 9.66. The molecule has 0 saturated heterocycles. The van der Waals surface area contributed by atoms with E-state index in [4.69, 9.17) is 0 Å². The van der Waals surface area contributed by atoms with E-state index in [1.54, 1.807) is 5.17 Å². The van der Waals surface area contributed by atoms with Gasteiger partial charge in [-0.25, -0.2) is 0 Å². The highest BCUT2D eigenvalue weighted by molar-refractivity contribution is 7.14. The number of rotatable bonds is 11. The molecule has 1 aromatic rings. The van der Waals surface area contributed by atoms with Crippen molar-refractivity contribution in [1.82, 2.24) is 0 Å². The van der Waals surface area contributed by atoms with E-state index in [9.17, 15) is 0 Å². The molecule has 0 bridgehead atoms. The van der Waals surface area contributed by atoms with E-state index in [1.165, 1.54) is 5.56 Å². The van der Waals surface area contributed by atoms with Gasteiger partial charge in [-0.05, 0) is 47.2 Å². The molecule has 0 radical (unpaired) electrons. The zero-order valence-corrected chi connectivity index (χ0v) is 42.9. The average molecular weight is 768 g/mol. The summed E-state index contributed by atoms with van der Waals surface area (Å²) in [6, 6.07) is 20.1. The van der Waals surface area contributed by atoms with Gasteiger partial charge >= 0.3 is 0 Å². The van der Waals surface area contributed by atoms with Crippen molar-refractivity contribution < 1.29 is 0 Å². The smallest absolute Gasteiger partial charge is 0.0725 e. The average Bonchev–Trinajstić information content (AvgIpc) is 3.00. The Morgan fingerprint density at radius 1 is 0.468 bits per heavy atom. The minimum Gasteiger partial charge on any atom is -0.0725 e. The Hall–Kier alpha value is -0.215. The number of hydrogen-bond acceptors (Lipinski definition) is 0. The third-order valence-electron chi connectivity index (χ3n) is 11.2. The Balaban J connectivity index is 2.90. The summed E-state index contributed by atoms with van der Waals surface area (Å²) in [6.07, 6.45) is 0. The third-order valence-corrected chi connectivity index (χ3v) is 53.5. The van der Waals surface area contributed by atoms with Gasteiger partial charge in [-0.1, -0.05) is 192 Å². The van der Waals surface area contributed by atoms with Crippen LogP contribution in [0.15, 0.2) is 54.2 Å². The van der Waals surface area contributed by atoms with Crippen molar-refractivity contribution in [3.63, 3.8) is 0 Å². The molecule has 0 spiro atoms. The Morgan fingerprint density at radius 3 is 1.17 bits per heavy atom. The van der Waals surface area contributed by atoms with E-state index in [-0.39, 0.29) is 0 Å². The van der Waals surface area contributed by atoms with Crippen molar-refractivity contribution in [1.29, 1.82) is 0 Å². The fourth-order valence-corrected chi connectivity index (χ4v) is 71.0. The van der Waals surface area contributed by atoms with Crippen molar-refractivity contribution in [2.45, 2.75) is 152 Å². The molecule has 2 aliphatic rings. The second kappa shape index (κ2) is 13.1. The molecule has 0 nitrogen and oxygen atoms in total. The first-order valence-electron chi connectivity index (χ1n) is 18.5. The first kappa shape index (κ1) is 41.2. The van der Waals surface area contributed by atoms with Gasteiger partial charge < -0.3 is 0 Å². The number of benzene rings is 1. The predicted octanol–water partition coefficient (Wildman–Crippen LogP) is 13.4. The summed E-state index contributed by atoms with van der Waals surface area (Å²) in [7, 11) is -12.7. The summed E-state index contributed by atoms with van der Waals surface area (Å²) in [5.74, 6) is 0. The van der Waals surface area contributed by atoms with Gasteiger partial charge in [0.15, 0.2) is 0 Å². The van der Waals surface area contributed by atoms with E-state index in [0.29, 0.717) is 4.28 Å². The van der Waals surface area contributed by atoms with Gasteiger partial charge in [0.1, 0.15) is 0 Å². The van der Waals surface area contributed by atoms with Crippen LogP contribution in [0.25, 0.3) is 15.9 Å². The molecule has 1 aliphatic carbocycles. The topological polar surface area (TPSA) is 0 Å². The van der Waals surface area contributed by atoms with Crippen LogP contribution in [0, 0.1) is 0 Å². The molecule has 1 heterocycles. The Bertz CT molecular complexity index is 1410. The Kier molecular flexibility index (Phi) is 11.5. The van der Waals surface area contributed by atoms with Crippen molar-refractivity contribution in [3.8, 4) is 15.9 Å². The monoisotopic (exact) mass is 766 g/mol. The van der Waals surface area contributed by atoms with E-state index >= 15 is 0 Å². The van der Waals surface area contributed by atoms with Crippen LogP contribution in [-0.2, 0) is 4.28 Å². The molecule has 0 atom stereocenters. The lowest BCUT2D eigenvalue weighted by Gasteiger charge is -2.60. The van der Waals surface area contributed by atoms with Crippen molar-refractivity contribution in [3.05, 3.63) is 70.9 Å². The number of fused-ring (bicyclic) bond motifs is 1. The maximum atomic E-state index is 2.98. The van der Waals surface area contributed by atoms with Crippen molar-refractivity contribution in [2.75, 3.05) is 0 Å². The van der Waals surface area contributed by atoms with Crippen LogP contribution in [0.4, 0.5) is 0 Å². The fourth-order valence-electron chi connectivity index (χ4n) is 12.2. The van der Waals surface area contributed by atoms with Gasteiger partial charge in [-0.15, -0.1) is 0 Å². The Morgan fingerprint density at radius 2 is 0.830 bits per heavy atom. The minimum absolute atomic E-state index is 0.370. The van der Waals surface area contributed by atoms with Crippen LogP contribution < -0.4 is 0 Å². The molecule has 0 saturated carbocycles. The molecule has 0 aromatic heterocycles. The molecule has 262 valence electrons. The molecule has 47 heavy (non-hydrogen) atoms. The quantitative estimate of drug-likeness (QED) is 0.171. The lowest BCUT2D eigenvalue weighted by Crippen LogP contribution is -2.74. The van der Waals surface area contributed by atoms with E-state index in [0.717, 1.165) is 10.3 Å². The maximum absolute atomic E-state index is 2.98. The summed E-state index contributed by atoms with van der Waals surface area (Å²) in [5, 5.41) is 4.92. The fraction of sp³-hybridized carbons (Fsp3) is 0.615. The summed E-state index contributed by atoms with van der Waals surface area (Å²) in [6.45, 7) is 57.3. The minimum atomic E-state index is -1.70. The highest BCUT2D eigenvalue weighted by Crippen LogP contribution is 2.53. The molecule has 1 aliphatic heterocycles. The first-order chi connectivity index (χ1) is 20.8. The highest BCUT2D eigenvalue weighted by Gasteiger charge is 2.61. The molecule has 3 rings (SSSR count). The van der Waals surface area contributed by atoms with Crippen LogP contribution in [-0.4, -0.2) is 64.9 Å².